The van der Waals surface area contributed by atoms with Crippen LogP contribution in [0.4, 0.5) is 0 Å². The van der Waals surface area contributed by atoms with Gasteiger partial charge < -0.3 is 9.55 Å². The molecule has 18 heavy (non-hydrogen) atoms. The highest BCUT2D eigenvalue weighted by molar-refractivity contribution is 7.71. The average Bonchev–Trinajstić information content (AvgIpc) is 2.63. The fourth-order valence-corrected chi connectivity index (χ4v) is 2.23. The molecular formula is C14H19N3S. The minimum atomic E-state index is 0.0731. The highest BCUT2D eigenvalue weighted by atomic mass is 32.1. The molecule has 4 heteroatoms. The lowest BCUT2D eigenvalue weighted by Crippen LogP contribution is -2.18. The zero-order chi connectivity index (χ0) is 13.3. The van der Waals surface area contributed by atoms with Gasteiger partial charge in [-0.1, -0.05) is 20.8 Å². The van der Waals surface area contributed by atoms with E-state index in [1.165, 1.54) is 16.8 Å². The lowest BCUT2D eigenvalue weighted by atomic mass is 9.92. The standard InChI is InChI=1S/C14H19N3S/c1-10-5-6-15-7-11(10)9-17-12(14(2,3)4)8-16-13(17)18/h5-8H,9H2,1-4H3,(H,16,18). The quantitative estimate of drug-likeness (QED) is 0.838. The largest absolute Gasteiger partial charge is 0.337 e. The maximum absolute atomic E-state index is 5.37. The van der Waals surface area contributed by atoms with Gasteiger partial charge in [-0.15, -0.1) is 0 Å². The average molecular weight is 261 g/mol. The summed E-state index contributed by atoms with van der Waals surface area (Å²) < 4.78 is 2.92. The van der Waals surface area contributed by atoms with E-state index in [0.717, 1.165) is 11.3 Å². The van der Waals surface area contributed by atoms with Crippen molar-refractivity contribution >= 4 is 12.2 Å². The van der Waals surface area contributed by atoms with Crippen molar-refractivity contribution in [3.63, 3.8) is 0 Å². The van der Waals surface area contributed by atoms with Crippen molar-refractivity contribution in [1.29, 1.82) is 0 Å². The first-order valence-corrected chi connectivity index (χ1v) is 6.48. The zero-order valence-electron chi connectivity index (χ0n) is 11.3. The third kappa shape index (κ3) is 2.53. The maximum Gasteiger partial charge on any atom is 0.177 e. The van der Waals surface area contributed by atoms with Gasteiger partial charge in [-0.05, 0) is 36.3 Å². The third-order valence-electron chi connectivity index (χ3n) is 3.11. The number of hydrogen-bond donors (Lipinski definition) is 1. The van der Waals surface area contributed by atoms with E-state index in [2.05, 4.69) is 42.2 Å². The molecule has 0 amide bonds. The number of imidazole rings is 1. The molecule has 0 atom stereocenters. The second-order valence-electron chi connectivity index (χ2n) is 5.62. The lowest BCUT2D eigenvalue weighted by molar-refractivity contribution is 0.528. The van der Waals surface area contributed by atoms with E-state index in [0.29, 0.717) is 0 Å². The number of rotatable bonds is 2. The van der Waals surface area contributed by atoms with E-state index in [4.69, 9.17) is 12.2 Å². The van der Waals surface area contributed by atoms with Crippen LogP contribution in [0.1, 0.15) is 37.6 Å². The maximum atomic E-state index is 5.37. The molecule has 3 nitrogen and oxygen atoms in total. The molecule has 2 aromatic heterocycles. The number of nitrogens with zero attached hydrogens (tertiary/aromatic N) is 2. The minimum Gasteiger partial charge on any atom is -0.337 e. The van der Waals surface area contributed by atoms with Gasteiger partial charge >= 0.3 is 0 Å². The van der Waals surface area contributed by atoms with Gasteiger partial charge in [-0.3, -0.25) is 4.98 Å². The van der Waals surface area contributed by atoms with Crippen molar-refractivity contribution in [3.05, 3.63) is 46.2 Å². The van der Waals surface area contributed by atoms with Crippen molar-refractivity contribution in [2.75, 3.05) is 0 Å². The van der Waals surface area contributed by atoms with E-state index in [1.54, 1.807) is 0 Å². The summed E-state index contributed by atoms with van der Waals surface area (Å²) in [5.41, 5.74) is 3.74. The van der Waals surface area contributed by atoms with Crippen molar-refractivity contribution in [1.82, 2.24) is 14.5 Å². The first-order chi connectivity index (χ1) is 8.39. The number of pyridine rings is 1. The van der Waals surface area contributed by atoms with Crippen molar-refractivity contribution in [2.45, 2.75) is 39.7 Å². The van der Waals surface area contributed by atoms with Crippen LogP contribution in [0.5, 0.6) is 0 Å². The SMILES string of the molecule is Cc1ccncc1Cn1c(C(C)(C)C)c[nH]c1=S. The van der Waals surface area contributed by atoms with Gasteiger partial charge in [-0.25, -0.2) is 0 Å². The fraction of sp³-hybridized carbons (Fsp3) is 0.429. The molecule has 0 aromatic carbocycles. The molecule has 0 radical (unpaired) electrons. The second-order valence-corrected chi connectivity index (χ2v) is 6.00. The van der Waals surface area contributed by atoms with Gasteiger partial charge in [0.15, 0.2) is 4.77 Å². The topological polar surface area (TPSA) is 33.6 Å². The molecule has 0 saturated carbocycles. The number of aryl methyl sites for hydroxylation is 1. The predicted octanol–water partition coefficient (Wildman–Crippen LogP) is 3.59. The van der Waals surface area contributed by atoms with Crippen LogP contribution in [0, 0.1) is 11.7 Å². The molecule has 0 aliphatic rings. The minimum absolute atomic E-state index is 0.0731. The van der Waals surface area contributed by atoms with Gasteiger partial charge in [0.25, 0.3) is 0 Å². The molecule has 2 rings (SSSR count). The van der Waals surface area contributed by atoms with Gasteiger partial charge in [0.1, 0.15) is 0 Å². The Kier molecular flexibility index (Phi) is 3.39. The summed E-state index contributed by atoms with van der Waals surface area (Å²) in [6.45, 7) is 9.45. The van der Waals surface area contributed by atoms with Gasteiger partial charge in [0.05, 0.1) is 6.54 Å². The monoisotopic (exact) mass is 261 g/mol. The van der Waals surface area contributed by atoms with E-state index in [-0.39, 0.29) is 5.41 Å². The smallest absolute Gasteiger partial charge is 0.177 e. The van der Waals surface area contributed by atoms with Crippen LogP contribution in [0.3, 0.4) is 0 Å². The molecule has 2 heterocycles. The molecule has 0 unspecified atom stereocenters. The summed E-state index contributed by atoms with van der Waals surface area (Å²) >= 11 is 5.37. The Morgan fingerprint density at radius 3 is 2.72 bits per heavy atom. The number of nitrogens with one attached hydrogen (secondary N) is 1. The van der Waals surface area contributed by atoms with Crippen molar-refractivity contribution < 1.29 is 0 Å². The summed E-state index contributed by atoms with van der Waals surface area (Å²) in [6, 6.07) is 2.03. The Morgan fingerprint density at radius 1 is 1.39 bits per heavy atom. The Labute approximate surface area is 113 Å². The number of aromatic nitrogens is 3. The highest BCUT2D eigenvalue weighted by Crippen LogP contribution is 2.23. The third-order valence-corrected chi connectivity index (χ3v) is 3.45. The molecule has 2 aromatic rings. The molecule has 0 bridgehead atoms. The first kappa shape index (κ1) is 13.0. The number of H-pyrrole nitrogens is 1. The van der Waals surface area contributed by atoms with Crippen LogP contribution in [0.15, 0.2) is 24.7 Å². The van der Waals surface area contributed by atoms with Gasteiger partial charge in [0, 0.05) is 29.7 Å². The van der Waals surface area contributed by atoms with E-state index in [9.17, 15) is 0 Å². The fourth-order valence-electron chi connectivity index (χ4n) is 2.01. The lowest BCUT2D eigenvalue weighted by Gasteiger charge is -2.21. The molecule has 0 spiro atoms. The van der Waals surface area contributed by atoms with Crippen LogP contribution >= 0.6 is 12.2 Å². The summed E-state index contributed by atoms with van der Waals surface area (Å²) in [7, 11) is 0. The molecule has 0 fully saturated rings. The second kappa shape index (κ2) is 4.69. The number of aromatic amines is 1. The van der Waals surface area contributed by atoms with Gasteiger partial charge in [-0.2, -0.15) is 0 Å². The van der Waals surface area contributed by atoms with Crippen LogP contribution < -0.4 is 0 Å². The summed E-state index contributed by atoms with van der Waals surface area (Å²) in [4.78, 5) is 7.33. The zero-order valence-corrected chi connectivity index (χ0v) is 12.1. The molecule has 1 N–H and O–H groups in total. The Bertz CT molecular complexity index is 602. The van der Waals surface area contributed by atoms with E-state index < -0.39 is 0 Å². The highest BCUT2D eigenvalue weighted by Gasteiger charge is 2.19. The van der Waals surface area contributed by atoms with Crippen LogP contribution in [0.25, 0.3) is 0 Å². The van der Waals surface area contributed by atoms with Crippen LogP contribution in [-0.4, -0.2) is 14.5 Å². The summed E-state index contributed by atoms with van der Waals surface area (Å²) in [5, 5.41) is 0. The van der Waals surface area contributed by atoms with Crippen molar-refractivity contribution in [3.8, 4) is 0 Å². The Balaban J connectivity index is 2.44. The molecule has 0 aliphatic carbocycles. The normalized spacial score (nSPS) is 11.8. The number of hydrogen-bond acceptors (Lipinski definition) is 2. The molecule has 96 valence electrons. The van der Waals surface area contributed by atoms with Gasteiger partial charge in [0.2, 0.25) is 0 Å². The van der Waals surface area contributed by atoms with Crippen LogP contribution in [0.2, 0.25) is 0 Å². The summed E-state index contributed by atoms with van der Waals surface area (Å²) in [5.74, 6) is 0. The molecule has 0 saturated heterocycles. The molecular weight excluding hydrogens is 242 g/mol. The summed E-state index contributed by atoms with van der Waals surface area (Å²) in [6.07, 6.45) is 5.74. The molecule has 0 aliphatic heterocycles. The predicted molar refractivity (Wildman–Crippen MR) is 76.4 cm³/mol. The van der Waals surface area contributed by atoms with Crippen LogP contribution in [-0.2, 0) is 12.0 Å². The Morgan fingerprint density at radius 2 is 2.11 bits per heavy atom. The Hall–Kier alpha value is -1.42. The first-order valence-electron chi connectivity index (χ1n) is 6.08. The van der Waals surface area contributed by atoms with E-state index >= 15 is 0 Å². The van der Waals surface area contributed by atoms with E-state index in [1.807, 2.05) is 24.7 Å². The van der Waals surface area contributed by atoms with Crippen molar-refractivity contribution in [2.24, 2.45) is 0 Å².